The highest BCUT2D eigenvalue weighted by atomic mass is 32.1. The fraction of sp³-hybridized carbons (Fsp3) is 0.455. The molecule has 0 spiro atoms. The predicted octanol–water partition coefficient (Wildman–Crippen LogP) is 2.87. The first-order valence-electron chi connectivity index (χ1n) is 4.88. The third-order valence-corrected chi connectivity index (χ3v) is 3.61. The molecular weight excluding hydrogens is 194 g/mol. The zero-order chi connectivity index (χ0) is 9.97. The molecule has 3 heteroatoms. The van der Waals surface area contributed by atoms with Gasteiger partial charge in [0, 0.05) is 10.3 Å². The topological polar surface area (TPSA) is 35.2 Å². The predicted molar refractivity (Wildman–Crippen MR) is 59.7 cm³/mol. The van der Waals surface area contributed by atoms with Crippen LogP contribution in [0, 0.1) is 0 Å². The quantitative estimate of drug-likeness (QED) is 0.777. The van der Waals surface area contributed by atoms with E-state index in [1.165, 1.54) is 23.3 Å². The van der Waals surface area contributed by atoms with E-state index in [0.29, 0.717) is 0 Å². The summed E-state index contributed by atoms with van der Waals surface area (Å²) in [6.07, 6.45) is 5.87. The Morgan fingerprint density at radius 1 is 1.57 bits per heavy atom. The molecule has 0 aliphatic heterocycles. The van der Waals surface area contributed by atoms with Crippen LogP contribution in [0.3, 0.4) is 0 Å². The van der Waals surface area contributed by atoms with Crippen molar-refractivity contribution in [2.75, 3.05) is 7.11 Å². The van der Waals surface area contributed by atoms with E-state index in [1.54, 1.807) is 18.4 Å². The second-order valence-electron chi connectivity index (χ2n) is 3.54. The molecule has 0 fully saturated rings. The maximum atomic E-state index is 6.15. The molecule has 0 amide bonds. The highest BCUT2D eigenvalue weighted by Gasteiger charge is 2.16. The summed E-state index contributed by atoms with van der Waals surface area (Å²) in [6.45, 7) is 0. The molecule has 1 atom stereocenters. The van der Waals surface area contributed by atoms with Gasteiger partial charge >= 0.3 is 0 Å². The van der Waals surface area contributed by atoms with Crippen molar-refractivity contribution in [3.8, 4) is 5.75 Å². The summed E-state index contributed by atoms with van der Waals surface area (Å²) in [5, 5.41) is 2.00. The Bertz CT molecular complexity index is 343. The van der Waals surface area contributed by atoms with Crippen LogP contribution in [0.4, 0.5) is 0 Å². The Morgan fingerprint density at radius 3 is 3.00 bits per heavy atom. The van der Waals surface area contributed by atoms with E-state index in [0.717, 1.165) is 12.2 Å². The Morgan fingerprint density at radius 2 is 2.43 bits per heavy atom. The van der Waals surface area contributed by atoms with Crippen molar-refractivity contribution in [1.29, 1.82) is 0 Å². The van der Waals surface area contributed by atoms with Gasteiger partial charge in [-0.2, -0.15) is 0 Å². The van der Waals surface area contributed by atoms with Gasteiger partial charge in [-0.1, -0.05) is 11.6 Å². The van der Waals surface area contributed by atoms with Crippen LogP contribution in [-0.4, -0.2) is 7.11 Å². The first kappa shape index (κ1) is 9.74. The van der Waals surface area contributed by atoms with Crippen molar-refractivity contribution in [2.24, 2.45) is 5.73 Å². The van der Waals surface area contributed by atoms with E-state index in [1.807, 2.05) is 11.4 Å². The summed E-state index contributed by atoms with van der Waals surface area (Å²) in [4.78, 5) is 1.20. The standard InChI is InChI=1S/C11H15NOS/c1-13-9-6-10(14-7-9)11(12)8-4-2-3-5-8/h4,6-7,11H,2-3,5,12H2,1H3. The monoisotopic (exact) mass is 209 g/mol. The molecule has 1 heterocycles. The van der Waals surface area contributed by atoms with Crippen LogP contribution in [0.1, 0.15) is 30.2 Å². The number of hydrogen-bond acceptors (Lipinski definition) is 3. The molecule has 1 aliphatic carbocycles. The molecule has 1 aromatic rings. The van der Waals surface area contributed by atoms with E-state index in [2.05, 4.69) is 6.08 Å². The first-order valence-corrected chi connectivity index (χ1v) is 5.76. The maximum Gasteiger partial charge on any atom is 0.129 e. The van der Waals surface area contributed by atoms with E-state index < -0.39 is 0 Å². The largest absolute Gasteiger partial charge is 0.496 e. The lowest BCUT2D eigenvalue weighted by molar-refractivity contribution is 0.416. The van der Waals surface area contributed by atoms with Gasteiger partial charge in [-0.3, -0.25) is 0 Å². The summed E-state index contributed by atoms with van der Waals surface area (Å²) < 4.78 is 5.14. The Labute approximate surface area is 88.4 Å². The minimum atomic E-state index is 0.0893. The minimum Gasteiger partial charge on any atom is -0.496 e. The molecule has 0 aromatic carbocycles. The summed E-state index contributed by atoms with van der Waals surface area (Å²) in [5.74, 6) is 0.916. The highest BCUT2D eigenvalue weighted by molar-refractivity contribution is 7.10. The number of hydrogen-bond donors (Lipinski definition) is 1. The highest BCUT2D eigenvalue weighted by Crippen LogP contribution is 2.33. The molecule has 2 nitrogen and oxygen atoms in total. The average molecular weight is 209 g/mol. The Balaban J connectivity index is 2.13. The minimum absolute atomic E-state index is 0.0893. The lowest BCUT2D eigenvalue weighted by Crippen LogP contribution is -2.10. The van der Waals surface area contributed by atoms with Gasteiger partial charge in [0.05, 0.1) is 13.2 Å². The van der Waals surface area contributed by atoms with Crippen LogP contribution >= 0.6 is 11.3 Å². The van der Waals surface area contributed by atoms with Crippen LogP contribution in [0.5, 0.6) is 5.75 Å². The summed E-state index contributed by atoms with van der Waals surface area (Å²) in [5.41, 5.74) is 7.54. The normalized spacial score (nSPS) is 18.0. The average Bonchev–Trinajstić information content (AvgIpc) is 2.88. The third-order valence-electron chi connectivity index (χ3n) is 2.61. The molecule has 0 saturated carbocycles. The van der Waals surface area contributed by atoms with Gasteiger partial charge in [0.15, 0.2) is 0 Å². The summed E-state index contributed by atoms with van der Waals surface area (Å²) >= 11 is 1.68. The number of nitrogens with two attached hydrogens (primary N) is 1. The van der Waals surface area contributed by atoms with Crippen molar-refractivity contribution in [2.45, 2.75) is 25.3 Å². The van der Waals surface area contributed by atoms with Crippen LogP contribution in [0.25, 0.3) is 0 Å². The second kappa shape index (κ2) is 4.15. The van der Waals surface area contributed by atoms with Gasteiger partial charge in [-0.15, -0.1) is 11.3 Å². The first-order chi connectivity index (χ1) is 6.81. The van der Waals surface area contributed by atoms with Crippen LogP contribution in [0.2, 0.25) is 0 Å². The van der Waals surface area contributed by atoms with Crippen LogP contribution in [-0.2, 0) is 0 Å². The number of thiophene rings is 1. The lowest BCUT2D eigenvalue weighted by atomic mass is 10.1. The smallest absolute Gasteiger partial charge is 0.129 e. The van der Waals surface area contributed by atoms with Gasteiger partial charge in [-0.05, 0) is 25.3 Å². The maximum absolute atomic E-state index is 6.15. The molecule has 1 aromatic heterocycles. The van der Waals surface area contributed by atoms with E-state index in [9.17, 15) is 0 Å². The Kier molecular flexibility index (Phi) is 2.89. The number of rotatable bonds is 3. The van der Waals surface area contributed by atoms with Crippen molar-refractivity contribution in [1.82, 2.24) is 0 Å². The molecule has 1 unspecified atom stereocenters. The van der Waals surface area contributed by atoms with E-state index in [4.69, 9.17) is 10.5 Å². The molecule has 14 heavy (non-hydrogen) atoms. The van der Waals surface area contributed by atoms with Crippen LogP contribution < -0.4 is 10.5 Å². The van der Waals surface area contributed by atoms with Gasteiger partial charge < -0.3 is 10.5 Å². The lowest BCUT2D eigenvalue weighted by Gasteiger charge is -2.10. The van der Waals surface area contributed by atoms with Crippen molar-refractivity contribution < 1.29 is 4.74 Å². The molecule has 76 valence electrons. The molecule has 0 radical (unpaired) electrons. The molecule has 2 N–H and O–H groups in total. The molecule has 0 bridgehead atoms. The van der Waals surface area contributed by atoms with E-state index in [-0.39, 0.29) is 6.04 Å². The van der Waals surface area contributed by atoms with E-state index >= 15 is 0 Å². The zero-order valence-electron chi connectivity index (χ0n) is 8.32. The van der Waals surface area contributed by atoms with Gasteiger partial charge in [-0.25, -0.2) is 0 Å². The number of methoxy groups -OCH3 is 1. The molecule has 2 rings (SSSR count). The molecule has 0 saturated heterocycles. The third kappa shape index (κ3) is 1.83. The van der Waals surface area contributed by atoms with Crippen molar-refractivity contribution in [3.05, 3.63) is 28.0 Å². The van der Waals surface area contributed by atoms with Crippen molar-refractivity contribution >= 4 is 11.3 Å². The fourth-order valence-corrected chi connectivity index (χ4v) is 2.66. The SMILES string of the molecule is COc1csc(C(N)C2=CCCC2)c1. The fourth-order valence-electron chi connectivity index (χ4n) is 1.77. The Hall–Kier alpha value is -0.800. The molecular formula is C11H15NOS. The number of ether oxygens (including phenoxy) is 1. The van der Waals surface area contributed by atoms with Crippen LogP contribution in [0.15, 0.2) is 23.1 Å². The summed E-state index contributed by atoms with van der Waals surface area (Å²) in [6, 6.07) is 2.13. The van der Waals surface area contributed by atoms with Gasteiger partial charge in [0.25, 0.3) is 0 Å². The van der Waals surface area contributed by atoms with Gasteiger partial charge in [0.2, 0.25) is 0 Å². The van der Waals surface area contributed by atoms with Crippen molar-refractivity contribution in [3.63, 3.8) is 0 Å². The number of allylic oxidation sites excluding steroid dienone is 1. The molecule has 1 aliphatic rings. The second-order valence-corrected chi connectivity index (χ2v) is 4.48. The zero-order valence-corrected chi connectivity index (χ0v) is 9.14. The summed E-state index contributed by atoms with van der Waals surface area (Å²) in [7, 11) is 1.69. The van der Waals surface area contributed by atoms with Gasteiger partial charge in [0.1, 0.15) is 5.75 Å².